The number of carbonyl (C=O) groups is 2. The second kappa shape index (κ2) is 6.48. The second-order valence-corrected chi connectivity index (χ2v) is 8.08. The van der Waals surface area contributed by atoms with Crippen LogP contribution in [0.2, 0.25) is 0 Å². The van der Waals surface area contributed by atoms with E-state index in [2.05, 4.69) is 21.2 Å². The molecule has 4 nitrogen and oxygen atoms in total. The summed E-state index contributed by atoms with van der Waals surface area (Å²) in [6, 6.07) is 3.93. The zero-order valence-electron chi connectivity index (χ0n) is 12.6. The normalized spacial score (nSPS) is 22.1. The van der Waals surface area contributed by atoms with Gasteiger partial charge in [-0.2, -0.15) is 0 Å². The fourth-order valence-electron chi connectivity index (χ4n) is 2.79. The lowest BCUT2D eigenvalue weighted by atomic mass is 9.91. The standard InChI is InChI=1S/C15H21BrN2O2S/c1-4-15(5-2)14(20)18(10(3)8-13(19)17-15)9-11-6-7-12(16)21-11/h6-7,10H,4-5,8-9H2,1-3H3,(H,17,19). The number of hydrogen-bond acceptors (Lipinski definition) is 3. The Hall–Kier alpha value is -0.880. The maximum atomic E-state index is 13.0. The molecule has 0 saturated carbocycles. The Morgan fingerprint density at radius 1 is 1.38 bits per heavy atom. The van der Waals surface area contributed by atoms with E-state index in [1.165, 1.54) is 0 Å². The average Bonchev–Trinajstić information content (AvgIpc) is 2.83. The Morgan fingerprint density at radius 2 is 2.05 bits per heavy atom. The van der Waals surface area contributed by atoms with Gasteiger partial charge in [-0.1, -0.05) is 13.8 Å². The van der Waals surface area contributed by atoms with Gasteiger partial charge in [0.15, 0.2) is 0 Å². The predicted molar refractivity (Wildman–Crippen MR) is 88.1 cm³/mol. The van der Waals surface area contributed by atoms with E-state index in [1.807, 2.05) is 37.8 Å². The number of nitrogens with zero attached hydrogens (tertiary/aromatic N) is 1. The zero-order valence-corrected chi connectivity index (χ0v) is 15.0. The van der Waals surface area contributed by atoms with Crippen LogP contribution >= 0.6 is 27.3 Å². The maximum Gasteiger partial charge on any atom is 0.248 e. The molecule has 0 spiro atoms. The van der Waals surface area contributed by atoms with Gasteiger partial charge in [-0.25, -0.2) is 0 Å². The molecule has 21 heavy (non-hydrogen) atoms. The van der Waals surface area contributed by atoms with Crippen LogP contribution < -0.4 is 5.32 Å². The molecule has 0 bridgehead atoms. The van der Waals surface area contributed by atoms with Gasteiger partial charge in [0.05, 0.1) is 10.3 Å². The summed E-state index contributed by atoms with van der Waals surface area (Å²) in [5, 5.41) is 2.96. The minimum absolute atomic E-state index is 0.0330. The highest BCUT2D eigenvalue weighted by atomic mass is 79.9. The number of thiophene rings is 1. The lowest BCUT2D eigenvalue weighted by Gasteiger charge is -2.35. The van der Waals surface area contributed by atoms with Crippen LogP contribution in [0.3, 0.4) is 0 Å². The summed E-state index contributed by atoms with van der Waals surface area (Å²) < 4.78 is 1.05. The number of hydrogen-bond donors (Lipinski definition) is 1. The van der Waals surface area contributed by atoms with Crippen molar-refractivity contribution in [3.63, 3.8) is 0 Å². The minimum atomic E-state index is -0.754. The zero-order chi connectivity index (χ0) is 15.6. The second-order valence-electron chi connectivity index (χ2n) is 5.53. The molecule has 1 aliphatic heterocycles. The molecule has 0 radical (unpaired) electrons. The molecule has 2 heterocycles. The first-order chi connectivity index (χ1) is 9.91. The van der Waals surface area contributed by atoms with E-state index in [0.717, 1.165) is 8.66 Å². The molecule has 1 aliphatic rings. The van der Waals surface area contributed by atoms with E-state index in [0.29, 0.717) is 25.8 Å². The quantitative estimate of drug-likeness (QED) is 0.881. The summed E-state index contributed by atoms with van der Waals surface area (Å²) in [5.74, 6) is 0.00443. The van der Waals surface area contributed by atoms with Gasteiger partial charge in [0.1, 0.15) is 5.54 Å². The molecule has 1 saturated heterocycles. The van der Waals surface area contributed by atoms with Crippen LogP contribution in [-0.4, -0.2) is 28.3 Å². The van der Waals surface area contributed by atoms with Crippen molar-refractivity contribution in [3.05, 3.63) is 20.8 Å². The number of amides is 2. The average molecular weight is 373 g/mol. The minimum Gasteiger partial charge on any atom is -0.342 e. The van der Waals surface area contributed by atoms with Crippen molar-refractivity contribution in [3.8, 4) is 0 Å². The lowest BCUT2D eigenvalue weighted by Crippen LogP contribution is -2.56. The molecule has 116 valence electrons. The molecule has 6 heteroatoms. The molecule has 1 unspecified atom stereocenters. The fourth-order valence-corrected chi connectivity index (χ4v) is 4.27. The molecule has 2 rings (SSSR count). The highest BCUT2D eigenvalue weighted by Crippen LogP contribution is 2.29. The Kier molecular flexibility index (Phi) is 5.09. The van der Waals surface area contributed by atoms with Crippen LogP contribution in [-0.2, 0) is 16.1 Å². The summed E-state index contributed by atoms with van der Waals surface area (Å²) >= 11 is 5.08. The Balaban J connectivity index is 2.32. The van der Waals surface area contributed by atoms with Crippen molar-refractivity contribution in [2.75, 3.05) is 0 Å². The number of halogens is 1. The van der Waals surface area contributed by atoms with Crippen LogP contribution in [0.4, 0.5) is 0 Å². The van der Waals surface area contributed by atoms with Crippen LogP contribution in [0.1, 0.15) is 44.9 Å². The van der Waals surface area contributed by atoms with Gasteiger partial charge in [0.25, 0.3) is 0 Å². The van der Waals surface area contributed by atoms with Gasteiger partial charge < -0.3 is 10.2 Å². The van der Waals surface area contributed by atoms with E-state index in [1.54, 1.807) is 11.3 Å². The first kappa shape index (κ1) is 16.5. The molecule has 0 aliphatic carbocycles. The van der Waals surface area contributed by atoms with E-state index in [4.69, 9.17) is 0 Å². The highest BCUT2D eigenvalue weighted by Gasteiger charge is 2.43. The molecule has 1 N–H and O–H groups in total. The number of carbonyl (C=O) groups excluding carboxylic acids is 2. The molecule has 2 amide bonds. The van der Waals surface area contributed by atoms with E-state index in [9.17, 15) is 9.59 Å². The summed E-state index contributed by atoms with van der Waals surface area (Å²) in [6.07, 6.45) is 1.59. The Bertz CT molecular complexity index is 540. The monoisotopic (exact) mass is 372 g/mol. The van der Waals surface area contributed by atoms with Gasteiger partial charge in [0, 0.05) is 17.3 Å². The molecule has 0 aromatic carbocycles. The number of nitrogens with one attached hydrogen (secondary N) is 1. The Labute approximate surface area is 138 Å². The van der Waals surface area contributed by atoms with E-state index < -0.39 is 5.54 Å². The number of rotatable bonds is 4. The fraction of sp³-hybridized carbons (Fsp3) is 0.600. The molecule has 1 aromatic heterocycles. The first-order valence-corrected chi connectivity index (χ1v) is 8.89. The van der Waals surface area contributed by atoms with Gasteiger partial charge in [-0.15, -0.1) is 11.3 Å². The van der Waals surface area contributed by atoms with Gasteiger partial charge in [-0.05, 0) is 47.8 Å². The third kappa shape index (κ3) is 3.31. The summed E-state index contributed by atoms with van der Waals surface area (Å²) in [6.45, 7) is 6.42. The van der Waals surface area contributed by atoms with Crippen molar-refractivity contribution in [1.29, 1.82) is 0 Å². The molecular weight excluding hydrogens is 352 g/mol. The van der Waals surface area contributed by atoms with E-state index in [-0.39, 0.29) is 17.9 Å². The topological polar surface area (TPSA) is 49.4 Å². The third-order valence-electron chi connectivity index (χ3n) is 4.22. The predicted octanol–water partition coefficient (Wildman–Crippen LogP) is 3.31. The molecule has 1 atom stereocenters. The van der Waals surface area contributed by atoms with Gasteiger partial charge in [-0.3, -0.25) is 9.59 Å². The molecule has 1 fully saturated rings. The van der Waals surface area contributed by atoms with Crippen molar-refractivity contribution >= 4 is 39.1 Å². The van der Waals surface area contributed by atoms with Crippen molar-refractivity contribution in [1.82, 2.24) is 10.2 Å². The van der Waals surface area contributed by atoms with Gasteiger partial charge >= 0.3 is 0 Å². The van der Waals surface area contributed by atoms with Gasteiger partial charge in [0.2, 0.25) is 11.8 Å². The van der Waals surface area contributed by atoms with Crippen LogP contribution in [0.25, 0.3) is 0 Å². The lowest BCUT2D eigenvalue weighted by molar-refractivity contribution is -0.141. The van der Waals surface area contributed by atoms with Crippen LogP contribution in [0.5, 0.6) is 0 Å². The smallest absolute Gasteiger partial charge is 0.248 e. The van der Waals surface area contributed by atoms with E-state index >= 15 is 0 Å². The Morgan fingerprint density at radius 3 is 2.57 bits per heavy atom. The van der Waals surface area contributed by atoms with Crippen molar-refractivity contribution < 1.29 is 9.59 Å². The largest absolute Gasteiger partial charge is 0.342 e. The SMILES string of the molecule is CCC1(CC)NC(=O)CC(C)N(Cc2ccc(Br)s2)C1=O. The summed E-state index contributed by atoms with van der Waals surface area (Å²) in [4.78, 5) is 28.1. The van der Waals surface area contributed by atoms with Crippen LogP contribution in [0, 0.1) is 0 Å². The molecular formula is C15H21BrN2O2S. The van der Waals surface area contributed by atoms with Crippen molar-refractivity contribution in [2.45, 2.75) is 58.2 Å². The van der Waals surface area contributed by atoms with Crippen molar-refractivity contribution in [2.24, 2.45) is 0 Å². The highest BCUT2D eigenvalue weighted by molar-refractivity contribution is 9.11. The summed E-state index contributed by atoms with van der Waals surface area (Å²) in [7, 11) is 0. The third-order valence-corrected chi connectivity index (χ3v) is 5.83. The van der Waals surface area contributed by atoms with Crippen LogP contribution in [0.15, 0.2) is 15.9 Å². The first-order valence-electron chi connectivity index (χ1n) is 7.28. The molecule has 1 aromatic rings. The maximum absolute atomic E-state index is 13.0. The summed E-state index contributed by atoms with van der Waals surface area (Å²) in [5.41, 5.74) is -0.754.